The minimum Gasteiger partial charge on any atom is -0.487 e. The van der Waals surface area contributed by atoms with Crippen LogP contribution in [0.5, 0.6) is 5.75 Å². The van der Waals surface area contributed by atoms with Crippen molar-refractivity contribution in [2.45, 2.75) is 65.5 Å². The second-order valence-electron chi connectivity index (χ2n) is 9.51. The summed E-state index contributed by atoms with van der Waals surface area (Å²) in [7, 11) is -3.45. The van der Waals surface area contributed by atoms with Gasteiger partial charge in [0.2, 0.25) is 15.9 Å². The van der Waals surface area contributed by atoms with E-state index in [1.807, 2.05) is 65.0 Å². The summed E-state index contributed by atoms with van der Waals surface area (Å²) in [5.41, 5.74) is 4.37. The molecule has 1 heterocycles. The van der Waals surface area contributed by atoms with E-state index in [2.05, 4.69) is 11.4 Å². The highest BCUT2D eigenvalue weighted by Gasteiger charge is 2.34. The molecule has 0 radical (unpaired) electrons. The molecule has 1 N–H and O–H groups in total. The molecule has 1 amide bonds. The fourth-order valence-corrected chi connectivity index (χ4v) is 5.28. The molecular formula is C25H34N2O4S. The maximum atomic E-state index is 12.8. The molecule has 0 saturated carbocycles. The average molecular weight is 459 g/mol. The number of hydrogen-bond acceptors (Lipinski definition) is 4. The number of amides is 1. The first kappa shape index (κ1) is 24.1. The lowest BCUT2D eigenvalue weighted by Gasteiger charge is -2.38. The third-order valence-corrected chi connectivity index (χ3v) is 6.81. The normalized spacial score (nSPS) is 17.2. The van der Waals surface area contributed by atoms with Crippen LogP contribution in [0.3, 0.4) is 0 Å². The number of benzene rings is 2. The summed E-state index contributed by atoms with van der Waals surface area (Å²) in [6.45, 7) is 10.2. The molecular weight excluding hydrogens is 424 g/mol. The fourth-order valence-electron chi connectivity index (χ4n) is 4.33. The van der Waals surface area contributed by atoms with Gasteiger partial charge in [-0.15, -0.1) is 0 Å². The lowest BCUT2D eigenvalue weighted by atomic mass is 9.89. The predicted octanol–water partition coefficient (Wildman–Crippen LogP) is 4.58. The Morgan fingerprint density at radius 3 is 2.38 bits per heavy atom. The molecule has 2 aromatic carbocycles. The minimum atomic E-state index is -3.45. The van der Waals surface area contributed by atoms with E-state index >= 15 is 0 Å². The van der Waals surface area contributed by atoms with E-state index in [-0.39, 0.29) is 30.5 Å². The van der Waals surface area contributed by atoms with Crippen LogP contribution < -0.4 is 14.4 Å². The third-order valence-electron chi connectivity index (χ3n) is 5.62. The van der Waals surface area contributed by atoms with Crippen LogP contribution >= 0.6 is 0 Å². The van der Waals surface area contributed by atoms with Gasteiger partial charge in [0.05, 0.1) is 18.0 Å². The van der Waals surface area contributed by atoms with E-state index in [0.29, 0.717) is 18.5 Å². The number of anilines is 1. The molecule has 0 spiro atoms. The Balaban J connectivity index is 1.67. The smallest absolute Gasteiger partial charge is 0.232 e. The number of ether oxygens (including phenoxy) is 1. The minimum absolute atomic E-state index is 0.0889. The molecule has 1 atom stereocenters. The Morgan fingerprint density at radius 2 is 1.75 bits per heavy atom. The second kappa shape index (κ2) is 9.14. The Morgan fingerprint density at radius 1 is 1.09 bits per heavy atom. The number of fused-ring (bicyclic) bond motifs is 1. The van der Waals surface area contributed by atoms with Crippen LogP contribution in [0.15, 0.2) is 36.4 Å². The lowest BCUT2D eigenvalue weighted by molar-refractivity contribution is -0.122. The monoisotopic (exact) mass is 458 g/mol. The van der Waals surface area contributed by atoms with Crippen LogP contribution in [0.2, 0.25) is 0 Å². The topological polar surface area (TPSA) is 75.7 Å². The predicted molar refractivity (Wildman–Crippen MR) is 129 cm³/mol. The van der Waals surface area contributed by atoms with Gasteiger partial charge in [0.15, 0.2) is 0 Å². The SMILES string of the molecule is Cc1cc(C)cc(N(CCCC(=O)N[C@H]2CC(C)(C)Oc3ccc(C)cc32)S(C)(=O)=O)c1. The largest absolute Gasteiger partial charge is 0.487 e. The molecule has 2 aromatic rings. The maximum absolute atomic E-state index is 12.8. The van der Waals surface area contributed by atoms with Crippen LogP contribution in [0.4, 0.5) is 5.69 Å². The highest BCUT2D eigenvalue weighted by atomic mass is 32.2. The molecule has 0 unspecified atom stereocenters. The van der Waals surface area contributed by atoms with E-state index in [0.717, 1.165) is 28.0 Å². The van der Waals surface area contributed by atoms with Crippen LogP contribution in [0, 0.1) is 20.8 Å². The Kier molecular flexibility index (Phi) is 6.89. The van der Waals surface area contributed by atoms with Gasteiger partial charge in [-0.2, -0.15) is 0 Å². The number of nitrogens with zero attached hydrogens (tertiary/aromatic N) is 1. The Labute approximate surface area is 192 Å². The summed E-state index contributed by atoms with van der Waals surface area (Å²) < 4.78 is 32.3. The molecule has 7 heteroatoms. The van der Waals surface area contributed by atoms with Gasteiger partial charge < -0.3 is 10.1 Å². The molecule has 1 aliphatic heterocycles. The molecule has 0 aliphatic carbocycles. The molecule has 174 valence electrons. The number of aryl methyl sites for hydroxylation is 3. The molecule has 3 rings (SSSR count). The molecule has 32 heavy (non-hydrogen) atoms. The third kappa shape index (κ3) is 6.03. The molecule has 0 aromatic heterocycles. The van der Waals surface area contributed by atoms with Crippen LogP contribution in [-0.2, 0) is 14.8 Å². The molecule has 0 fully saturated rings. The number of rotatable bonds is 7. The number of carbonyl (C=O) groups excluding carboxylic acids is 1. The van der Waals surface area contributed by atoms with Gasteiger partial charge in [0.1, 0.15) is 11.4 Å². The second-order valence-corrected chi connectivity index (χ2v) is 11.4. The molecule has 0 bridgehead atoms. The fraction of sp³-hybridized carbons (Fsp3) is 0.480. The molecule has 0 saturated heterocycles. The zero-order valence-electron chi connectivity index (χ0n) is 19.9. The van der Waals surface area contributed by atoms with Crippen molar-refractivity contribution in [2.24, 2.45) is 0 Å². The van der Waals surface area contributed by atoms with Gasteiger partial charge in [-0.25, -0.2) is 8.42 Å². The van der Waals surface area contributed by atoms with Crippen molar-refractivity contribution < 1.29 is 17.9 Å². The zero-order valence-corrected chi connectivity index (χ0v) is 20.7. The molecule has 6 nitrogen and oxygen atoms in total. The standard InChI is InChI=1S/C25H34N2O4S/c1-17-9-10-23-21(15-17)22(16-25(4,5)31-23)26-24(28)8-7-11-27(32(6,29)30)20-13-18(2)12-19(3)14-20/h9-10,12-15,22H,7-8,11,16H2,1-6H3,(H,26,28)/t22-/m0/s1. The summed E-state index contributed by atoms with van der Waals surface area (Å²) in [4.78, 5) is 12.8. The van der Waals surface area contributed by atoms with Crippen molar-refractivity contribution in [3.8, 4) is 5.75 Å². The number of hydrogen-bond donors (Lipinski definition) is 1. The van der Waals surface area contributed by atoms with Gasteiger partial charge in [-0.1, -0.05) is 23.8 Å². The maximum Gasteiger partial charge on any atom is 0.232 e. The number of carbonyl (C=O) groups is 1. The van der Waals surface area contributed by atoms with E-state index in [9.17, 15) is 13.2 Å². The van der Waals surface area contributed by atoms with Gasteiger partial charge >= 0.3 is 0 Å². The van der Waals surface area contributed by atoms with Gasteiger partial charge in [-0.3, -0.25) is 9.10 Å². The average Bonchev–Trinajstić information content (AvgIpc) is 2.63. The van der Waals surface area contributed by atoms with Crippen LogP contribution in [0.1, 0.15) is 61.4 Å². The van der Waals surface area contributed by atoms with E-state index in [1.165, 1.54) is 10.6 Å². The Hall–Kier alpha value is -2.54. The van der Waals surface area contributed by atoms with Gasteiger partial charge in [-0.05, 0) is 70.4 Å². The first-order chi connectivity index (χ1) is 14.8. The van der Waals surface area contributed by atoms with Crippen molar-refractivity contribution in [3.05, 3.63) is 58.7 Å². The van der Waals surface area contributed by atoms with Crippen molar-refractivity contribution in [3.63, 3.8) is 0 Å². The van der Waals surface area contributed by atoms with Crippen molar-refractivity contribution >= 4 is 21.6 Å². The zero-order chi connectivity index (χ0) is 23.7. The highest BCUT2D eigenvalue weighted by Crippen LogP contribution is 2.39. The van der Waals surface area contributed by atoms with Crippen LogP contribution in [-0.4, -0.2) is 32.7 Å². The Bertz CT molecular complexity index is 1090. The summed E-state index contributed by atoms with van der Waals surface area (Å²) in [5, 5.41) is 3.14. The molecule has 1 aliphatic rings. The number of sulfonamides is 1. The van der Waals surface area contributed by atoms with Crippen molar-refractivity contribution in [1.29, 1.82) is 0 Å². The summed E-state index contributed by atoms with van der Waals surface area (Å²) >= 11 is 0. The van der Waals surface area contributed by atoms with Gasteiger partial charge in [0.25, 0.3) is 0 Å². The first-order valence-corrected chi connectivity index (χ1v) is 12.8. The summed E-state index contributed by atoms with van der Waals surface area (Å²) in [6.07, 6.45) is 2.55. The van der Waals surface area contributed by atoms with E-state index in [4.69, 9.17) is 4.74 Å². The van der Waals surface area contributed by atoms with E-state index < -0.39 is 10.0 Å². The van der Waals surface area contributed by atoms with Crippen molar-refractivity contribution in [1.82, 2.24) is 5.32 Å². The number of nitrogens with one attached hydrogen (secondary N) is 1. The van der Waals surface area contributed by atoms with Crippen LogP contribution in [0.25, 0.3) is 0 Å². The van der Waals surface area contributed by atoms with Gasteiger partial charge in [0, 0.05) is 24.9 Å². The quantitative estimate of drug-likeness (QED) is 0.659. The lowest BCUT2D eigenvalue weighted by Crippen LogP contribution is -2.41. The highest BCUT2D eigenvalue weighted by molar-refractivity contribution is 7.92. The van der Waals surface area contributed by atoms with E-state index in [1.54, 1.807) is 0 Å². The summed E-state index contributed by atoms with van der Waals surface area (Å²) in [6, 6.07) is 11.6. The van der Waals surface area contributed by atoms with Crippen molar-refractivity contribution in [2.75, 3.05) is 17.1 Å². The summed E-state index contributed by atoms with van der Waals surface area (Å²) in [5.74, 6) is 0.712. The first-order valence-electron chi connectivity index (χ1n) is 11.0.